The van der Waals surface area contributed by atoms with E-state index in [4.69, 9.17) is 14.3 Å². The molecule has 2 aromatic carbocycles. The number of carboxylic acids is 2. The highest BCUT2D eigenvalue weighted by Gasteiger charge is 2.38. The third kappa shape index (κ3) is 6.57. The van der Waals surface area contributed by atoms with E-state index >= 15 is 0 Å². The number of aryl methyl sites for hydroxylation is 1. The van der Waals surface area contributed by atoms with Crippen LogP contribution in [-0.4, -0.2) is 47.6 Å². The third-order valence-corrected chi connectivity index (χ3v) is 5.67. The van der Waals surface area contributed by atoms with Crippen molar-refractivity contribution in [1.82, 2.24) is 0 Å². The second-order valence-corrected chi connectivity index (χ2v) is 8.53. The second kappa shape index (κ2) is 10.9. The van der Waals surface area contributed by atoms with Crippen LogP contribution >= 0.6 is 0 Å². The van der Waals surface area contributed by atoms with Crippen LogP contribution in [-0.2, 0) is 4.79 Å². The van der Waals surface area contributed by atoms with Crippen molar-refractivity contribution >= 4 is 34.5 Å². The minimum Gasteiger partial charge on any atom is -0.478 e. The average Bonchev–Trinajstić information content (AvgIpc) is 3.25. The summed E-state index contributed by atoms with van der Waals surface area (Å²) in [5.41, 5.74) is 2.51. The van der Waals surface area contributed by atoms with Crippen LogP contribution in [0.3, 0.4) is 0 Å². The highest BCUT2D eigenvalue weighted by atomic mass is 19.4. The van der Waals surface area contributed by atoms with Crippen LogP contribution in [0.2, 0.25) is 0 Å². The number of nitrogens with one attached hydrogen (secondary N) is 1. The Kier molecular flexibility index (Phi) is 8.09. The van der Waals surface area contributed by atoms with Crippen molar-refractivity contribution in [3.63, 3.8) is 0 Å². The van der Waals surface area contributed by atoms with Crippen molar-refractivity contribution in [2.75, 3.05) is 23.3 Å². The van der Waals surface area contributed by atoms with Gasteiger partial charge < -0.3 is 24.8 Å². The number of aliphatic carboxylic acids is 1. The van der Waals surface area contributed by atoms with Gasteiger partial charge in [0.25, 0.3) is 0 Å². The molecule has 0 radical (unpaired) electrons. The zero-order valence-corrected chi connectivity index (χ0v) is 19.8. The van der Waals surface area contributed by atoms with Crippen molar-refractivity contribution < 1.29 is 41.8 Å². The standard InChI is InChI=1S/C23H23FN2O4.C2HF3O2/c1-13-9-17(14(2)25-19-6-4-3-5-16(19)23(28)29)22-18(10-13)20(27)11-21(30-22)26-8-7-15(24)12-26;3-2(4,5)1(6)7/h3-6,9-11,14-15,25H,7-8,12H2,1-2H3,(H,28,29);(H,6,7)/t14?,15-;/m1./s1. The lowest BCUT2D eigenvalue weighted by molar-refractivity contribution is -0.192. The van der Waals surface area contributed by atoms with E-state index in [-0.39, 0.29) is 23.6 Å². The Morgan fingerprint density at radius 1 is 1.16 bits per heavy atom. The summed E-state index contributed by atoms with van der Waals surface area (Å²) in [6.07, 6.45) is -5.61. The van der Waals surface area contributed by atoms with Crippen LogP contribution in [0, 0.1) is 6.92 Å². The molecule has 3 N–H and O–H groups in total. The fourth-order valence-electron chi connectivity index (χ4n) is 3.92. The summed E-state index contributed by atoms with van der Waals surface area (Å²) in [6.45, 7) is 4.47. The van der Waals surface area contributed by atoms with Gasteiger partial charge in [-0.25, -0.2) is 14.0 Å². The molecule has 3 aromatic rings. The van der Waals surface area contributed by atoms with Crippen molar-refractivity contribution in [3.05, 3.63) is 69.4 Å². The van der Waals surface area contributed by atoms with E-state index in [1.807, 2.05) is 19.9 Å². The predicted octanol–water partition coefficient (Wildman–Crippen LogP) is 5.15. The number of anilines is 2. The normalized spacial score (nSPS) is 16.2. The van der Waals surface area contributed by atoms with Crippen molar-refractivity contribution in [1.29, 1.82) is 0 Å². The fraction of sp³-hybridized carbons (Fsp3) is 0.320. The van der Waals surface area contributed by atoms with Crippen LogP contribution in [0.15, 0.2) is 51.7 Å². The number of para-hydroxylation sites is 1. The first kappa shape index (κ1) is 27.5. The number of aromatic carboxylic acids is 1. The third-order valence-electron chi connectivity index (χ3n) is 5.67. The highest BCUT2D eigenvalue weighted by molar-refractivity contribution is 5.94. The molecule has 1 aliphatic rings. The van der Waals surface area contributed by atoms with Gasteiger partial charge in [0, 0.05) is 23.9 Å². The molecular weight excluding hydrogens is 500 g/mol. The lowest BCUT2D eigenvalue weighted by Gasteiger charge is -2.21. The van der Waals surface area contributed by atoms with Crippen molar-refractivity contribution in [2.45, 2.75) is 38.7 Å². The van der Waals surface area contributed by atoms with Gasteiger partial charge >= 0.3 is 18.1 Å². The zero-order valence-electron chi connectivity index (χ0n) is 19.8. The maximum atomic E-state index is 13.7. The Labute approximate surface area is 208 Å². The maximum Gasteiger partial charge on any atom is 0.490 e. The summed E-state index contributed by atoms with van der Waals surface area (Å²) in [5, 5.41) is 20.2. The van der Waals surface area contributed by atoms with E-state index in [1.165, 1.54) is 12.1 Å². The van der Waals surface area contributed by atoms with E-state index in [0.29, 0.717) is 35.5 Å². The quantitative estimate of drug-likeness (QED) is 0.392. The van der Waals surface area contributed by atoms with Crippen molar-refractivity contribution in [2.24, 2.45) is 0 Å². The van der Waals surface area contributed by atoms with Gasteiger partial charge in [-0.3, -0.25) is 4.79 Å². The van der Waals surface area contributed by atoms with E-state index in [0.717, 1.165) is 11.1 Å². The molecule has 2 heterocycles. The van der Waals surface area contributed by atoms with Crippen LogP contribution in [0.5, 0.6) is 0 Å². The molecule has 1 fully saturated rings. The van der Waals surface area contributed by atoms with Crippen molar-refractivity contribution in [3.8, 4) is 0 Å². The topological polar surface area (TPSA) is 120 Å². The summed E-state index contributed by atoms with van der Waals surface area (Å²) in [5.74, 6) is -3.42. The van der Waals surface area contributed by atoms with E-state index in [9.17, 15) is 32.3 Å². The number of benzene rings is 2. The Bertz CT molecular complexity index is 1370. The molecule has 0 amide bonds. The molecule has 1 aliphatic heterocycles. The van der Waals surface area contributed by atoms with Gasteiger partial charge in [0.15, 0.2) is 11.3 Å². The smallest absolute Gasteiger partial charge is 0.478 e. The minimum atomic E-state index is -5.08. The van der Waals surface area contributed by atoms with Gasteiger partial charge in [0.1, 0.15) is 11.8 Å². The van der Waals surface area contributed by atoms with Crippen LogP contribution in [0.1, 0.15) is 40.9 Å². The Morgan fingerprint density at radius 3 is 2.38 bits per heavy atom. The highest BCUT2D eigenvalue weighted by Crippen LogP contribution is 2.31. The molecule has 0 bridgehead atoms. The van der Waals surface area contributed by atoms with Crippen LogP contribution in [0.25, 0.3) is 11.0 Å². The summed E-state index contributed by atoms with van der Waals surface area (Å²) < 4.78 is 51.5. The van der Waals surface area contributed by atoms with Crippen LogP contribution < -0.4 is 15.6 Å². The number of alkyl halides is 4. The number of rotatable bonds is 5. The summed E-state index contributed by atoms with van der Waals surface area (Å²) in [4.78, 5) is 35.0. The summed E-state index contributed by atoms with van der Waals surface area (Å²) >= 11 is 0. The van der Waals surface area contributed by atoms with E-state index in [1.54, 1.807) is 29.2 Å². The first-order chi connectivity index (χ1) is 17.3. The van der Waals surface area contributed by atoms with Gasteiger partial charge in [-0.2, -0.15) is 13.2 Å². The molecule has 8 nitrogen and oxygen atoms in total. The summed E-state index contributed by atoms with van der Waals surface area (Å²) in [6, 6.07) is 11.4. The molecule has 198 valence electrons. The number of hydrogen-bond acceptors (Lipinski definition) is 6. The van der Waals surface area contributed by atoms with E-state index < -0.39 is 24.3 Å². The van der Waals surface area contributed by atoms with Gasteiger partial charge in [-0.15, -0.1) is 0 Å². The second-order valence-electron chi connectivity index (χ2n) is 8.53. The van der Waals surface area contributed by atoms with Gasteiger partial charge in [-0.1, -0.05) is 18.2 Å². The average molecular weight is 524 g/mol. The number of carbonyl (C=O) groups is 2. The SMILES string of the molecule is Cc1cc(C(C)Nc2ccccc2C(=O)O)c2oc(N3CC[C@@H](F)C3)cc(=O)c2c1.O=C(O)C(F)(F)F. The van der Waals surface area contributed by atoms with Gasteiger partial charge in [0.05, 0.1) is 23.5 Å². The number of nitrogens with zero attached hydrogens (tertiary/aromatic N) is 1. The number of hydrogen-bond donors (Lipinski definition) is 3. The molecule has 1 aromatic heterocycles. The fourth-order valence-corrected chi connectivity index (χ4v) is 3.92. The molecule has 0 aliphatic carbocycles. The minimum absolute atomic E-state index is 0.162. The molecule has 0 spiro atoms. The maximum absolute atomic E-state index is 13.7. The summed E-state index contributed by atoms with van der Waals surface area (Å²) in [7, 11) is 0. The van der Waals surface area contributed by atoms with Gasteiger partial charge in [-0.05, 0) is 44.0 Å². The molecule has 37 heavy (non-hydrogen) atoms. The zero-order chi connectivity index (χ0) is 27.5. The molecule has 2 atom stereocenters. The Balaban J connectivity index is 0.000000479. The van der Waals surface area contributed by atoms with Gasteiger partial charge in [0.2, 0.25) is 0 Å². The largest absolute Gasteiger partial charge is 0.490 e. The Hall–Kier alpha value is -4.09. The predicted molar refractivity (Wildman–Crippen MR) is 128 cm³/mol. The molecule has 4 rings (SSSR count). The monoisotopic (exact) mass is 524 g/mol. The number of halogens is 4. The first-order valence-corrected chi connectivity index (χ1v) is 11.1. The molecule has 12 heteroatoms. The molecule has 0 saturated carbocycles. The molecular formula is C25H24F4N2O6. The Morgan fingerprint density at radius 2 is 1.81 bits per heavy atom. The first-order valence-electron chi connectivity index (χ1n) is 11.1. The van der Waals surface area contributed by atoms with E-state index in [2.05, 4.69) is 5.32 Å². The molecule has 1 saturated heterocycles. The lowest BCUT2D eigenvalue weighted by Crippen LogP contribution is -2.21. The number of fused-ring (bicyclic) bond motifs is 1. The molecule has 1 unspecified atom stereocenters. The van der Waals surface area contributed by atoms with Crippen LogP contribution in [0.4, 0.5) is 29.1 Å². The number of carboxylic acid groups (broad SMARTS) is 2. The lowest BCUT2D eigenvalue weighted by atomic mass is 10.0.